The number of likely N-dealkylation sites (tertiary alicyclic amines) is 1. The fraction of sp³-hybridized carbons (Fsp3) is 0.619. The molecule has 3 rings (SSSR count). The molecule has 1 aromatic rings. The zero-order chi connectivity index (χ0) is 19.8. The van der Waals surface area contributed by atoms with Crippen molar-refractivity contribution in [3.05, 3.63) is 12.3 Å². The number of pyridine rings is 1. The molecule has 0 aliphatic carbocycles. The van der Waals surface area contributed by atoms with E-state index in [1.54, 1.807) is 12.4 Å². The Labute approximate surface area is 168 Å². The normalized spacial score (nSPS) is 19.1. The lowest BCUT2D eigenvalue weighted by Crippen LogP contribution is -2.43. The maximum absolute atomic E-state index is 12.5. The molecule has 7 heteroatoms. The van der Waals surface area contributed by atoms with Gasteiger partial charge in [0.1, 0.15) is 5.69 Å². The second-order valence-corrected chi connectivity index (χ2v) is 7.50. The number of nitrogens with zero attached hydrogens (tertiary/aromatic N) is 5. The zero-order valence-corrected chi connectivity index (χ0v) is 16.9. The van der Waals surface area contributed by atoms with Crippen molar-refractivity contribution >= 4 is 36.0 Å². The minimum absolute atomic E-state index is 0.0905. The molecule has 0 atom stereocenters. The Bertz CT molecular complexity index is 690. The van der Waals surface area contributed by atoms with E-state index in [2.05, 4.69) is 36.8 Å². The number of nitrogens with one attached hydrogen (secondary N) is 1. The second kappa shape index (κ2) is 10.3. The largest absolute Gasteiger partial charge is 0.370 e. The lowest BCUT2D eigenvalue weighted by molar-refractivity contribution is -0.125. The smallest absolute Gasteiger partial charge is 0.223 e. The summed E-state index contributed by atoms with van der Waals surface area (Å²) in [5.41, 5.74) is 1.71. The third-order valence-electron chi connectivity index (χ3n) is 5.68. The minimum atomic E-state index is 0.0905. The molecule has 152 valence electrons. The van der Waals surface area contributed by atoms with Gasteiger partial charge >= 0.3 is 0 Å². The molecule has 0 bridgehead atoms. The number of amides is 1. The molecule has 1 aromatic heterocycles. The molecule has 1 amide bonds. The van der Waals surface area contributed by atoms with Crippen molar-refractivity contribution in [2.45, 2.75) is 39.0 Å². The number of rotatable bonds is 7. The standard InChI is InChI=1S/C21H32N6O/c1-3-23-20-19(22-2)18(7-10-24-20)27-14-8-17(9-15-27)21(28)25-11-16-26-12-5-4-6-13-26/h3,7,10,17H,2,4-6,8-9,11-16H2,1H3,(H,25,28)/b23-3-. The van der Waals surface area contributed by atoms with E-state index < -0.39 is 0 Å². The van der Waals surface area contributed by atoms with Crippen LogP contribution < -0.4 is 10.2 Å². The van der Waals surface area contributed by atoms with E-state index in [1.165, 1.54) is 32.4 Å². The van der Waals surface area contributed by atoms with Crippen molar-refractivity contribution in [3.8, 4) is 0 Å². The van der Waals surface area contributed by atoms with Gasteiger partial charge in [0.05, 0.1) is 5.69 Å². The average molecular weight is 385 g/mol. The lowest BCUT2D eigenvalue weighted by Gasteiger charge is -2.34. The summed E-state index contributed by atoms with van der Waals surface area (Å²) < 4.78 is 0. The molecule has 1 N–H and O–H groups in total. The highest BCUT2D eigenvalue weighted by molar-refractivity contribution is 5.81. The van der Waals surface area contributed by atoms with Crippen LogP contribution in [-0.4, -0.2) is 68.0 Å². The van der Waals surface area contributed by atoms with Crippen molar-refractivity contribution in [2.24, 2.45) is 15.9 Å². The van der Waals surface area contributed by atoms with Gasteiger partial charge < -0.3 is 15.1 Å². The van der Waals surface area contributed by atoms with Gasteiger partial charge in [0.2, 0.25) is 5.91 Å². The van der Waals surface area contributed by atoms with Crippen LogP contribution in [0.4, 0.5) is 17.2 Å². The van der Waals surface area contributed by atoms with Crippen LogP contribution in [0.15, 0.2) is 22.2 Å². The molecule has 2 fully saturated rings. The van der Waals surface area contributed by atoms with Gasteiger partial charge in [-0.15, -0.1) is 0 Å². The SMILES string of the molecule is C=Nc1c(N2CCC(C(=O)NCCN3CCCCC3)CC2)ccnc1/N=C\C. The summed E-state index contributed by atoms with van der Waals surface area (Å²) in [6.07, 6.45) is 9.07. The van der Waals surface area contributed by atoms with Gasteiger partial charge in [0.25, 0.3) is 0 Å². The summed E-state index contributed by atoms with van der Waals surface area (Å²) in [5, 5.41) is 3.15. The Morgan fingerprint density at radius 3 is 2.71 bits per heavy atom. The molecule has 7 nitrogen and oxygen atoms in total. The van der Waals surface area contributed by atoms with Gasteiger partial charge in [-0.05, 0) is 58.5 Å². The van der Waals surface area contributed by atoms with E-state index >= 15 is 0 Å². The van der Waals surface area contributed by atoms with Crippen LogP contribution in [0.25, 0.3) is 0 Å². The van der Waals surface area contributed by atoms with Crippen molar-refractivity contribution < 1.29 is 4.79 Å². The molecule has 0 spiro atoms. The van der Waals surface area contributed by atoms with Crippen molar-refractivity contribution in [3.63, 3.8) is 0 Å². The summed E-state index contributed by atoms with van der Waals surface area (Å²) in [6.45, 7) is 11.3. The van der Waals surface area contributed by atoms with Crippen LogP contribution in [0.5, 0.6) is 0 Å². The molecule has 0 aromatic carbocycles. The summed E-state index contributed by atoms with van der Waals surface area (Å²) in [4.78, 5) is 30.0. The molecule has 3 heterocycles. The Hall–Kier alpha value is -2.28. The third-order valence-corrected chi connectivity index (χ3v) is 5.68. The Morgan fingerprint density at radius 1 is 1.29 bits per heavy atom. The highest BCUT2D eigenvalue weighted by Crippen LogP contribution is 2.37. The van der Waals surface area contributed by atoms with Crippen molar-refractivity contribution in [2.75, 3.05) is 44.2 Å². The van der Waals surface area contributed by atoms with Gasteiger partial charge in [-0.25, -0.2) is 9.98 Å². The predicted molar refractivity (Wildman–Crippen MR) is 116 cm³/mol. The first-order valence-corrected chi connectivity index (χ1v) is 10.4. The summed E-state index contributed by atoms with van der Waals surface area (Å²) in [7, 11) is 0. The molecular formula is C21H32N6O. The zero-order valence-electron chi connectivity index (χ0n) is 16.9. The van der Waals surface area contributed by atoms with Crippen LogP contribution in [0.2, 0.25) is 0 Å². The monoisotopic (exact) mass is 384 g/mol. The summed E-state index contributed by atoms with van der Waals surface area (Å²) in [5.74, 6) is 0.880. The van der Waals surface area contributed by atoms with Crippen molar-refractivity contribution in [1.82, 2.24) is 15.2 Å². The van der Waals surface area contributed by atoms with Gasteiger partial charge in [-0.1, -0.05) is 6.42 Å². The number of anilines is 1. The first-order valence-electron chi connectivity index (χ1n) is 10.4. The van der Waals surface area contributed by atoms with Crippen LogP contribution >= 0.6 is 0 Å². The van der Waals surface area contributed by atoms with Crippen LogP contribution in [0.1, 0.15) is 39.0 Å². The number of aromatic nitrogens is 1. The van der Waals surface area contributed by atoms with E-state index in [1.807, 2.05) is 13.0 Å². The van der Waals surface area contributed by atoms with Crippen molar-refractivity contribution in [1.29, 1.82) is 0 Å². The fourth-order valence-electron chi connectivity index (χ4n) is 4.10. The number of carbonyl (C=O) groups is 1. The Balaban J connectivity index is 1.49. The molecule has 0 saturated carbocycles. The molecule has 2 aliphatic heterocycles. The van der Waals surface area contributed by atoms with Crippen LogP contribution in [-0.2, 0) is 4.79 Å². The number of hydrogen-bond donors (Lipinski definition) is 1. The molecule has 0 unspecified atom stereocenters. The van der Waals surface area contributed by atoms with E-state index in [9.17, 15) is 4.79 Å². The third kappa shape index (κ3) is 5.16. The summed E-state index contributed by atoms with van der Waals surface area (Å²) in [6, 6.07) is 1.96. The Kier molecular flexibility index (Phi) is 7.54. The first-order chi connectivity index (χ1) is 13.7. The van der Waals surface area contributed by atoms with Crippen LogP contribution in [0.3, 0.4) is 0 Å². The van der Waals surface area contributed by atoms with E-state index in [4.69, 9.17) is 0 Å². The lowest BCUT2D eigenvalue weighted by atomic mass is 9.95. The maximum atomic E-state index is 12.5. The number of aliphatic imine (C=N–C) groups is 2. The highest BCUT2D eigenvalue weighted by Gasteiger charge is 2.26. The number of carbonyl (C=O) groups excluding carboxylic acids is 1. The van der Waals surface area contributed by atoms with E-state index in [0.29, 0.717) is 11.5 Å². The van der Waals surface area contributed by atoms with Gasteiger partial charge in [0, 0.05) is 44.5 Å². The highest BCUT2D eigenvalue weighted by atomic mass is 16.1. The molecular weight excluding hydrogens is 352 g/mol. The van der Waals surface area contributed by atoms with Gasteiger partial charge in [0.15, 0.2) is 5.82 Å². The predicted octanol–water partition coefficient (Wildman–Crippen LogP) is 2.95. The molecule has 2 saturated heterocycles. The summed E-state index contributed by atoms with van der Waals surface area (Å²) >= 11 is 0. The number of piperidine rings is 2. The Morgan fingerprint density at radius 2 is 2.04 bits per heavy atom. The maximum Gasteiger partial charge on any atom is 0.223 e. The second-order valence-electron chi connectivity index (χ2n) is 7.50. The fourth-order valence-corrected chi connectivity index (χ4v) is 4.10. The van der Waals surface area contributed by atoms with E-state index in [0.717, 1.165) is 44.7 Å². The van der Waals surface area contributed by atoms with E-state index in [-0.39, 0.29) is 11.8 Å². The first kappa shape index (κ1) is 20.5. The quantitative estimate of drug-likeness (QED) is 0.734. The topological polar surface area (TPSA) is 73.2 Å². The number of hydrogen-bond acceptors (Lipinski definition) is 6. The average Bonchev–Trinajstić information content (AvgIpc) is 2.74. The molecule has 2 aliphatic rings. The molecule has 28 heavy (non-hydrogen) atoms. The van der Waals surface area contributed by atoms with Gasteiger partial charge in [-0.3, -0.25) is 9.79 Å². The van der Waals surface area contributed by atoms with Crippen LogP contribution in [0, 0.1) is 5.92 Å². The molecule has 0 radical (unpaired) electrons. The minimum Gasteiger partial charge on any atom is -0.370 e. The van der Waals surface area contributed by atoms with Gasteiger partial charge in [-0.2, -0.15) is 0 Å².